The van der Waals surface area contributed by atoms with Crippen molar-refractivity contribution in [1.82, 2.24) is 9.55 Å². The van der Waals surface area contributed by atoms with Gasteiger partial charge in [0, 0.05) is 17.4 Å². The molecule has 7 nitrogen and oxygen atoms in total. The standard InChI is InChI=1S/C20H15N3O4/c1-27-14-8-6-13(7-9-14)23-19(25)16(18(24)22-20(23)26)10-12-11-21-17-5-3-2-4-15(12)17/h2-11,25H,1H3,(H,22,24,26). The Hall–Kier alpha value is -3.87. The number of nitrogens with zero attached hydrogens (tertiary/aromatic N) is 2. The number of hydrogen-bond donors (Lipinski definition) is 2. The van der Waals surface area contributed by atoms with Gasteiger partial charge in [-0.1, -0.05) is 18.2 Å². The molecule has 0 aliphatic carbocycles. The molecule has 2 aromatic carbocycles. The van der Waals surface area contributed by atoms with Crippen molar-refractivity contribution in [1.29, 1.82) is 0 Å². The van der Waals surface area contributed by atoms with Crippen LogP contribution in [0, 0.1) is 0 Å². The third kappa shape index (κ3) is 2.85. The summed E-state index contributed by atoms with van der Waals surface area (Å²) < 4.78 is 6.13. The van der Waals surface area contributed by atoms with Crippen LogP contribution in [0.1, 0.15) is 11.1 Å². The van der Waals surface area contributed by atoms with Crippen LogP contribution in [0.15, 0.2) is 63.1 Å². The molecule has 134 valence electrons. The van der Waals surface area contributed by atoms with Crippen molar-refractivity contribution >= 4 is 23.6 Å². The average Bonchev–Trinajstić information content (AvgIpc) is 3.08. The van der Waals surface area contributed by atoms with Gasteiger partial charge in [-0.2, -0.15) is 0 Å². The van der Waals surface area contributed by atoms with Crippen LogP contribution >= 0.6 is 0 Å². The van der Waals surface area contributed by atoms with E-state index in [1.54, 1.807) is 30.5 Å². The molecule has 27 heavy (non-hydrogen) atoms. The number of methoxy groups -OCH3 is 1. The first-order valence-electron chi connectivity index (χ1n) is 8.16. The Labute approximate surface area is 153 Å². The highest BCUT2D eigenvalue weighted by Crippen LogP contribution is 2.32. The quantitative estimate of drug-likeness (QED) is 0.749. The summed E-state index contributed by atoms with van der Waals surface area (Å²) in [6.45, 7) is 0. The first-order chi connectivity index (χ1) is 13.1. The molecule has 1 aliphatic rings. The lowest BCUT2D eigenvalue weighted by Gasteiger charge is -2.10. The van der Waals surface area contributed by atoms with Gasteiger partial charge in [0.2, 0.25) is 5.88 Å². The Morgan fingerprint density at radius 3 is 2.59 bits per heavy atom. The molecule has 0 saturated heterocycles. The Bertz CT molecular complexity index is 1200. The topological polar surface area (TPSA) is 96.7 Å². The van der Waals surface area contributed by atoms with E-state index in [-0.39, 0.29) is 5.56 Å². The predicted octanol–water partition coefficient (Wildman–Crippen LogP) is 2.50. The first kappa shape index (κ1) is 16.6. The molecule has 0 radical (unpaired) electrons. The fourth-order valence-electron chi connectivity index (χ4n) is 2.95. The number of rotatable bonds is 3. The zero-order valence-corrected chi connectivity index (χ0v) is 14.3. The minimum Gasteiger partial charge on any atom is -0.497 e. The lowest BCUT2D eigenvalue weighted by atomic mass is 10.1. The molecule has 4 rings (SSSR count). The molecule has 2 N–H and O–H groups in total. The molecule has 7 heteroatoms. The summed E-state index contributed by atoms with van der Waals surface area (Å²) in [5.41, 5.74) is 1.27. The third-order valence-corrected chi connectivity index (χ3v) is 4.31. The average molecular weight is 361 g/mol. The molecule has 0 fully saturated rings. The van der Waals surface area contributed by atoms with Crippen LogP contribution in [0.4, 0.5) is 5.69 Å². The van der Waals surface area contributed by atoms with E-state index in [1.807, 2.05) is 24.3 Å². The van der Waals surface area contributed by atoms with Crippen LogP contribution in [0.2, 0.25) is 0 Å². The summed E-state index contributed by atoms with van der Waals surface area (Å²) in [5.74, 6) is 0.163. The highest BCUT2D eigenvalue weighted by atomic mass is 16.5. The second-order valence-electron chi connectivity index (χ2n) is 5.91. The molecule has 0 saturated carbocycles. The fraction of sp³-hybridized carbons (Fsp3) is 0.0500. The van der Waals surface area contributed by atoms with Crippen molar-refractivity contribution < 1.29 is 9.84 Å². The van der Waals surface area contributed by atoms with Gasteiger partial charge in [0.25, 0.3) is 5.56 Å². The zero-order chi connectivity index (χ0) is 19.0. The summed E-state index contributed by atoms with van der Waals surface area (Å²) in [5, 5.41) is 10.7. The summed E-state index contributed by atoms with van der Waals surface area (Å²) >= 11 is 0. The molecule has 0 bridgehead atoms. The van der Waals surface area contributed by atoms with E-state index in [9.17, 15) is 14.7 Å². The molecule has 0 spiro atoms. The third-order valence-electron chi connectivity index (χ3n) is 4.31. The van der Waals surface area contributed by atoms with Crippen molar-refractivity contribution in [3.05, 3.63) is 80.5 Å². The van der Waals surface area contributed by atoms with Crippen LogP contribution in [-0.2, 0) is 0 Å². The molecular weight excluding hydrogens is 346 g/mol. The molecule has 0 unspecified atom stereocenters. The van der Waals surface area contributed by atoms with E-state index >= 15 is 0 Å². The Morgan fingerprint density at radius 1 is 1.11 bits per heavy atom. The number of ether oxygens (including phenoxy) is 1. The summed E-state index contributed by atoms with van der Waals surface area (Å²) in [6.07, 6.45) is 3.13. The normalized spacial score (nSPS) is 13.7. The van der Waals surface area contributed by atoms with Crippen LogP contribution < -0.4 is 16.0 Å². The molecule has 1 aromatic heterocycles. The van der Waals surface area contributed by atoms with E-state index in [0.29, 0.717) is 17.0 Å². The van der Waals surface area contributed by atoms with Gasteiger partial charge in [0.15, 0.2) is 0 Å². The number of hydrogen-bond acceptors (Lipinski definition) is 5. The van der Waals surface area contributed by atoms with Gasteiger partial charge in [0.05, 0.1) is 18.5 Å². The number of fused-ring (bicyclic) bond motifs is 1. The number of nitrogens with one attached hydrogen (secondary N) is 1. The maximum atomic E-state index is 12.3. The summed E-state index contributed by atoms with van der Waals surface area (Å²) in [6, 6.07) is 14.0. The number of aliphatic imine (C=N–C) groups is 1. The van der Waals surface area contributed by atoms with E-state index in [1.165, 1.54) is 13.2 Å². The molecule has 0 atom stereocenters. The van der Waals surface area contributed by atoms with Crippen molar-refractivity contribution in [2.24, 2.45) is 4.99 Å². The smallest absolute Gasteiger partial charge is 0.335 e. The SMILES string of the molecule is COc1ccc(-n2c(O)c(C=C3C=Nc4ccccc43)c(=O)[nH]c2=O)cc1. The van der Waals surface area contributed by atoms with Gasteiger partial charge in [0.1, 0.15) is 11.3 Å². The van der Waals surface area contributed by atoms with E-state index < -0.39 is 17.1 Å². The molecule has 1 aliphatic heterocycles. The Kier molecular flexibility index (Phi) is 3.97. The van der Waals surface area contributed by atoms with Gasteiger partial charge in [-0.05, 0) is 36.4 Å². The Balaban J connectivity index is 1.88. The summed E-state index contributed by atoms with van der Waals surface area (Å²) in [7, 11) is 1.53. The van der Waals surface area contributed by atoms with Crippen molar-refractivity contribution in [2.45, 2.75) is 0 Å². The molecule has 0 amide bonds. The van der Waals surface area contributed by atoms with Gasteiger partial charge in [-0.15, -0.1) is 0 Å². The number of benzene rings is 2. The minimum atomic E-state index is -0.731. The van der Waals surface area contributed by atoms with E-state index in [0.717, 1.165) is 15.8 Å². The number of para-hydroxylation sites is 1. The number of H-pyrrole nitrogens is 1. The largest absolute Gasteiger partial charge is 0.497 e. The maximum Gasteiger partial charge on any atom is 0.335 e. The highest BCUT2D eigenvalue weighted by molar-refractivity contribution is 6.21. The minimum absolute atomic E-state index is 0.0245. The van der Waals surface area contributed by atoms with Crippen molar-refractivity contribution in [2.75, 3.05) is 7.11 Å². The molecular formula is C20H15N3O4. The van der Waals surface area contributed by atoms with Gasteiger partial charge < -0.3 is 9.84 Å². The first-order valence-corrected chi connectivity index (χ1v) is 8.16. The van der Waals surface area contributed by atoms with Crippen LogP contribution in [0.5, 0.6) is 11.6 Å². The number of aromatic hydroxyl groups is 1. The number of aromatic amines is 1. The van der Waals surface area contributed by atoms with E-state index in [4.69, 9.17) is 4.74 Å². The summed E-state index contributed by atoms with van der Waals surface area (Å²) in [4.78, 5) is 31.1. The Morgan fingerprint density at radius 2 is 1.85 bits per heavy atom. The predicted molar refractivity (Wildman–Crippen MR) is 103 cm³/mol. The number of allylic oxidation sites excluding steroid dienone is 1. The maximum absolute atomic E-state index is 12.3. The van der Waals surface area contributed by atoms with E-state index in [2.05, 4.69) is 9.98 Å². The second-order valence-corrected chi connectivity index (χ2v) is 5.91. The molecule has 3 aromatic rings. The number of aromatic nitrogens is 2. The zero-order valence-electron chi connectivity index (χ0n) is 14.3. The van der Waals surface area contributed by atoms with Gasteiger partial charge in [-0.3, -0.25) is 14.8 Å². The fourth-order valence-corrected chi connectivity index (χ4v) is 2.95. The van der Waals surface area contributed by atoms with Crippen LogP contribution in [-0.4, -0.2) is 28.0 Å². The monoisotopic (exact) mass is 361 g/mol. The lowest BCUT2D eigenvalue weighted by molar-refractivity contribution is 0.414. The van der Waals surface area contributed by atoms with Gasteiger partial charge in [-0.25, -0.2) is 9.36 Å². The van der Waals surface area contributed by atoms with Gasteiger partial charge >= 0.3 is 5.69 Å². The highest BCUT2D eigenvalue weighted by Gasteiger charge is 2.17. The van der Waals surface area contributed by atoms with Crippen molar-refractivity contribution in [3.63, 3.8) is 0 Å². The van der Waals surface area contributed by atoms with Crippen LogP contribution in [0.3, 0.4) is 0 Å². The van der Waals surface area contributed by atoms with Crippen LogP contribution in [0.25, 0.3) is 17.3 Å². The molecule has 2 heterocycles. The lowest BCUT2D eigenvalue weighted by Crippen LogP contribution is -2.30. The second kappa shape index (κ2) is 6.45. The van der Waals surface area contributed by atoms with Crippen molar-refractivity contribution in [3.8, 4) is 17.3 Å².